The lowest BCUT2D eigenvalue weighted by atomic mass is 10.1. The van der Waals surface area contributed by atoms with Crippen molar-refractivity contribution in [3.8, 4) is 0 Å². The van der Waals surface area contributed by atoms with E-state index in [9.17, 15) is 13.2 Å². The summed E-state index contributed by atoms with van der Waals surface area (Å²) >= 11 is 5.75. The first-order valence-corrected chi connectivity index (χ1v) is 8.43. The largest absolute Gasteiger partial charge is 0.337 e. The summed E-state index contributed by atoms with van der Waals surface area (Å²) < 4.78 is 25.9. The minimum atomic E-state index is -3.92. The van der Waals surface area contributed by atoms with E-state index in [2.05, 4.69) is 5.32 Å². The molecule has 0 unspecified atom stereocenters. The predicted molar refractivity (Wildman–Crippen MR) is 85.3 cm³/mol. The van der Waals surface area contributed by atoms with E-state index in [1.165, 1.54) is 18.2 Å². The summed E-state index contributed by atoms with van der Waals surface area (Å²) in [7, 11) is -3.92. The highest BCUT2D eigenvalue weighted by Crippen LogP contribution is 2.14. The molecule has 0 fully saturated rings. The van der Waals surface area contributed by atoms with Gasteiger partial charge < -0.3 is 5.32 Å². The van der Waals surface area contributed by atoms with Crippen LogP contribution in [-0.2, 0) is 16.4 Å². The molecule has 0 aliphatic rings. The van der Waals surface area contributed by atoms with Gasteiger partial charge in [0.1, 0.15) is 0 Å². The average Bonchev–Trinajstić information content (AvgIpc) is 2.48. The van der Waals surface area contributed by atoms with Gasteiger partial charge in [0.15, 0.2) is 0 Å². The van der Waals surface area contributed by atoms with Gasteiger partial charge in [-0.25, -0.2) is 17.9 Å². The summed E-state index contributed by atoms with van der Waals surface area (Å²) in [5.74, 6) is 0. The molecule has 0 radical (unpaired) electrons. The molecule has 116 valence electrons. The van der Waals surface area contributed by atoms with Gasteiger partial charge in [-0.05, 0) is 30.2 Å². The minimum absolute atomic E-state index is 0.0572. The first-order chi connectivity index (χ1) is 10.5. The minimum Gasteiger partial charge on any atom is -0.337 e. The number of halogens is 1. The smallest absolute Gasteiger partial charge is 0.328 e. The van der Waals surface area contributed by atoms with E-state index in [4.69, 9.17) is 11.6 Å². The van der Waals surface area contributed by atoms with Gasteiger partial charge in [-0.3, -0.25) is 0 Å². The number of hydrogen-bond acceptors (Lipinski definition) is 3. The van der Waals surface area contributed by atoms with Crippen LogP contribution in [0.5, 0.6) is 0 Å². The summed E-state index contributed by atoms with van der Waals surface area (Å²) in [6.45, 7) is 0.334. The Hall–Kier alpha value is -2.05. The van der Waals surface area contributed by atoms with Crippen LogP contribution in [0, 0.1) is 0 Å². The van der Waals surface area contributed by atoms with Crippen LogP contribution in [0.25, 0.3) is 0 Å². The van der Waals surface area contributed by atoms with Crippen molar-refractivity contribution in [1.29, 1.82) is 0 Å². The molecular weight excluding hydrogens is 324 g/mol. The zero-order valence-corrected chi connectivity index (χ0v) is 13.2. The van der Waals surface area contributed by atoms with Crippen LogP contribution in [-0.4, -0.2) is 21.0 Å². The number of benzene rings is 2. The fourth-order valence-corrected chi connectivity index (χ4v) is 3.05. The van der Waals surface area contributed by atoms with Crippen LogP contribution in [0.2, 0.25) is 5.02 Å². The maximum atomic E-state index is 12.0. The number of amides is 2. The van der Waals surface area contributed by atoms with Gasteiger partial charge in [-0.1, -0.05) is 48.0 Å². The van der Waals surface area contributed by atoms with Gasteiger partial charge in [-0.2, -0.15) is 0 Å². The van der Waals surface area contributed by atoms with E-state index < -0.39 is 16.1 Å². The molecule has 2 rings (SSSR count). The van der Waals surface area contributed by atoms with Crippen LogP contribution >= 0.6 is 11.6 Å². The molecule has 7 heteroatoms. The van der Waals surface area contributed by atoms with E-state index in [-0.39, 0.29) is 9.92 Å². The maximum absolute atomic E-state index is 12.0. The number of carbonyl (C=O) groups excluding carboxylic acids is 1. The lowest BCUT2D eigenvalue weighted by Gasteiger charge is -2.09. The molecule has 2 N–H and O–H groups in total. The quantitative estimate of drug-likeness (QED) is 0.879. The summed E-state index contributed by atoms with van der Waals surface area (Å²) in [6, 6.07) is 14.5. The van der Waals surface area contributed by atoms with Crippen LogP contribution in [0.4, 0.5) is 4.79 Å². The molecular formula is C15H15ClN2O3S. The Kier molecular flexibility index (Phi) is 5.41. The number of hydrogen-bond donors (Lipinski definition) is 2. The maximum Gasteiger partial charge on any atom is 0.328 e. The van der Waals surface area contributed by atoms with Gasteiger partial charge in [0.2, 0.25) is 0 Å². The molecule has 2 aromatic rings. The number of nitrogens with one attached hydrogen (secondary N) is 2. The van der Waals surface area contributed by atoms with Crippen molar-refractivity contribution in [3.05, 3.63) is 65.2 Å². The van der Waals surface area contributed by atoms with Gasteiger partial charge in [0.25, 0.3) is 10.0 Å². The van der Waals surface area contributed by atoms with E-state index in [1.807, 2.05) is 35.1 Å². The molecule has 0 aromatic heterocycles. The third-order valence-corrected chi connectivity index (χ3v) is 4.44. The molecule has 0 aliphatic heterocycles. The zero-order valence-electron chi connectivity index (χ0n) is 11.6. The molecule has 0 heterocycles. The van der Waals surface area contributed by atoms with Crippen molar-refractivity contribution in [2.24, 2.45) is 0 Å². The van der Waals surface area contributed by atoms with Crippen LogP contribution in [0.1, 0.15) is 5.56 Å². The molecule has 2 aromatic carbocycles. The summed E-state index contributed by atoms with van der Waals surface area (Å²) in [5.41, 5.74) is 1.06. The third-order valence-electron chi connectivity index (χ3n) is 2.88. The molecule has 22 heavy (non-hydrogen) atoms. The van der Waals surface area contributed by atoms with E-state index in [1.54, 1.807) is 6.07 Å². The van der Waals surface area contributed by atoms with E-state index in [0.29, 0.717) is 13.0 Å². The standard InChI is InChI=1S/C15H15ClN2O3S/c16-13-7-4-8-14(11-13)22(20,21)18-15(19)17-10-9-12-5-2-1-3-6-12/h1-8,11H,9-10H2,(H2,17,18,19). The molecule has 0 saturated heterocycles. The Morgan fingerprint density at radius 1 is 1.05 bits per heavy atom. The summed E-state index contributed by atoms with van der Waals surface area (Å²) in [5, 5.41) is 2.79. The summed E-state index contributed by atoms with van der Waals surface area (Å²) in [6.07, 6.45) is 0.617. The Bertz CT molecular complexity index is 748. The second-order valence-corrected chi connectivity index (χ2v) is 6.67. The highest BCUT2D eigenvalue weighted by molar-refractivity contribution is 7.90. The zero-order chi connectivity index (χ0) is 16.0. The van der Waals surface area contributed by atoms with Gasteiger partial charge in [-0.15, -0.1) is 0 Å². The van der Waals surface area contributed by atoms with Crippen LogP contribution in [0.3, 0.4) is 0 Å². The highest BCUT2D eigenvalue weighted by atomic mass is 35.5. The van der Waals surface area contributed by atoms with Gasteiger partial charge in [0.05, 0.1) is 4.90 Å². The molecule has 0 atom stereocenters. The number of carbonyl (C=O) groups is 1. The topological polar surface area (TPSA) is 75.3 Å². The Labute approximate surface area is 134 Å². The molecule has 2 amide bonds. The van der Waals surface area contributed by atoms with E-state index in [0.717, 1.165) is 5.56 Å². The van der Waals surface area contributed by atoms with Crippen molar-refractivity contribution in [2.75, 3.05) is 6.54 Å². The molecule has 5 nitrogen and oxygen atoms in total. The first-order valence-electron chi connectivity index (χ1n) is 6.57. The summed E-state index contributed by atoms with van der Waals surface area (Å²) in [4.78, 5) is 11.6. The SMILES string of the molecule is O=C(NCCc1ccccc1)NS(=O)(=O)c1cccc(Cl)c1. The normalized spacial score (nSPS) is 11.0. The molecule has 0 bridgehead atoms. The fraction of sp³-hybridized carbons (Fsp3) is 0.133. The monoisotopic (exact) mass is 338 g/mol. The van der Waals surface area contributed by atoms with E-state index >= 15 is 0 Å². The highest BCUT2D eigenvalue weighted by Gasteiger charge is 2.17. The Morgan fingerprint density at radius 3 is 2.45 bits per heavy atom. The van der Waals surface area contributed by atoms with Crippen molar-refractivity contribution in [3.63, 3.8) is 0 Å². The second-order valence-electron chi connectivity index (χ2n) is 4.55. The van der Waals surface area contributed by atoms with Crippen molar-refractivity contribution in [2.45, 2.75) is 11.3 Å². The third kappa shape index (κ3) is 4.75. The number of sulfonamides is 1. The first kappa shape index (κ1) is 16.3. The number of rotatable bonds is 5. The molecule has 0 spiro atoms. The van der Waals surface area contributed by atoms with Crippen LogP contribution < -0.4 is 10.0 Å². The second kappa shape index (κ2) is 7.29. The molecule has 0 saturated carbocycles. The Morgan fingerprint density at radius 2 is 1.77 bits per heavy atom. The van der Waals surface area contributed by atoms with Crippen molar-refractivity contribution >= 4 is 27.7 Å². The Balaban J connectivity index is 1.88. The van der Waals surface area contributed by atoms with Crippen molar-refractivity contribution in [1.82, 2.24) is 10.0 Å². The molecule has 0 aliphatic carbocycles. The number of urea groups is 1. The van der Waals surface area contributed by atoms with Gasteiger partial charge >= 0.3 is 6.03 Å². The van der Waals surface area contributed by atoms with Crippen LogP contribution in [0.15, 0.2) is 59.5 Å². The van der Waals surface area contributed by atoms with Gasteiger partial charge in [0, 0.05) is 11.6 Å². The lowest BCUT2D eigenvalue weighted by Crippen LogP contribution is -2.40. The average molecular weight is 339 g/mol. The van der Waals surface area contributed by atoms with Crippen molar-refractivity contribution < 1.29 is 13.2 Å². The lowest BCUT2D eigenvalue weighted by molar-refractivity contribution is 0.246. The predicted octanol–water partition coefficient (Wildman–Crippen LogP) is 2.57. The fourth-order valence-electron chi connectivity index (χ4n) is 1.82.